The molecule has 0 aliphatic heterocycles. The Morgan fingerprint density at radius 1 is 1.09 bits per heavy atom. The van der Waals surface area contributed by atoms with Crippen LogP contribution in [0, 0.1) is 17.5 Å². The largest absolute Gasteiger partial charge is 0.345 e. The molecule has 2 aromatic carbocycles. The van der Waals surface area contributed by atoms with Gasteiger partial charge in [-0.1, -0.05) is 12.1 Å². The van der Waals surface area contributed by atoms with E-state index in [4.69, 9.17) is 0 Å². The summed E-state index contributed by atoms with van der Waals surface area (Å²) < 4.78 is 39.7. The molecule has 7 heteroatoms. The van der Waals surface area contributed by atoms with Gasteiger partial charge in [0.05, 0.1) is 5.56 Å². The van der Waals surface area contributed by atoms with Gasteiger partial charge in [-0.3, -0.25) is 4.79 Å². The standard InChI is InChI=1S/C16H10F3N3O/c17-12-5-4-11(13(18)14(12)19)16(23)22-10-3-1-2-9(8-10)15-20-6-7-21-15/h1-8H,(H,20,21)(H,22,23). The highest BCUT2D eigenvalue weighted by molar-refractivity contribution is 6.04. The number of benzene rings is 2. The first-order valence-electron chi connectivity index (χ1n) is 6.61. The molecular formula is C16H10F3N3O. The molecule has 0 fully saturated rings. The van der Waals surface area contributed by atoms with Crippen LogP contribution in [0.4, 0.5) is 18.9 Å². The van der Waals surface area contributed by atoms with E-state index in [1.54, 1.807) is 36.7 Å². The van der Waals surface area contributed by atoms with E-state index in [0.717, 1.165) is 6.07 Å². The lowest BCUT2D eigenvalue weighted by Gasteiger charge is -2.08. The highest BCUT2D eigenvalue weighted by Crippen LogP contribution is 2.21. The topological polar surface area (TPSA) is 57.8 Å². The van der Waals surface area contributed by atoms with Gasteiger partial charge in [0.2, 0.25) is 0 Å². The molecule has 116 valence electrons. The lowest BCUT2D eigenvalue weighted by Crippen LogP contribution is -2.15. The van der Waals surface area contributed by atoms with Gasteiger partial charge >= 0.3 is 0 Å². The lowest BCUT2D eigenvalue weighted by molar-refractivity contribution is 0.102. The van der Waals surface area contributed by atoms with Crippen molar-refractivity contribution < 1.29 is 18.0 Å². The van der Waals surface area contributed by atoms with E-state index < -0.39 is 28.9 Å². The van der Waals surface area contributed by atoms with Crippen molar-refractivity contribution in [3.63, 3.8) is 0 Å². The molecule has 0 unspecified atom stereocenters. The maximum Gasteiger partial charge on any atom is 0.258 e. The minimum Gasteiger partial charge on any atom is -0.345 e. The number of nitrogens with zero attached hydrogens (tertiary/aromatic N) is 1. The molecule has 3 aromatic rings. The van der Waals surface area contributed by atoms with Crippen molar-refractivity contribution >= 4 is 11.6 Å². The van der Waals surface area contributed by atoms with Gasteiger partial charge in [0.25, 0.3) is 5.91 Å². The summed E-state index contributed by atoms with van der Waals surface area (Å²) in [6.07, 6.45) is 3.23. The van der Waals surface area contributed by atoms with Crippen molar-refractivity contribution in [3.05, 3.63) is 71.8 Å². The summed E-state index contributed by atoms with van der Waals surface area (Å²) in [6.45, 7) is 0. The van der Waals surface area contributed by atoms with E-state index in [1.807, 2.05) is 0 Å². The van der Waals surface area contributed by atoms with Crippen LogP contribution in [0.25, 0.3) is 11.4 Å². The van der Waals surface area contributed by atoms with Crippen molar-refractivity contribution in [2.24, 2.45) is 0 Å². The first-order valence-corrected chi connectivity index (χ1v) is 6.61. The predicted molar refractivity (Wildman–Crippen MR) is 78.3 cm³/mol. The van der Waals surface area contributed by atoms with Crippen LogP contribution in [0.5, 0.6) is 0 Å². The Balaban J connectivity index is 1.86. The molecule has 0 radical (unpaired) electrons. The molecule has 3 rings (SSSR count). The molecular weight excluding hydrogens is 307 g/mol. The van der Waals surface area contributed by atoms with Crippen LogP contribution in [0.1, 0.15) is 10.4 Å². The van der Waals surface area contributed by atoms with Gasteiger partial charge < -0.3 is 10.3 Å². The van der Waals surface area contributed by atoms with Gasteiger partial charge in [0, 0.05) is 23.6 Å². The number of H-pyrrole nitrogens is 1. The van der Waals surface area contributed by atoms with Crippen molar-refractivity contribution in [1.29, 1.82) is 0 Å². The maximum atomic E-state index is 13.6. The molecule has 0 aliphatic carbocycles. The molecule has 0 spiro atoms. The number of aromatic nitrogens is 2. The van der Waals surface area contributed by atoms with Gasteiger partial charge in [-0.25, -0.2) is 18.2 Å². The second kappa shape index (κ2) is 5.96. The van der Waals surface area contributed by atoms with Gasteiger partial charge in [-0.2, -0.15) is 0 Å². The molecule has 0 atom stereocenters. The summed E-state index contributed by atoms with van der Waals surface area (Å²) >= 11 is 0. The van der Waals surface area contributed by atoms with Crippen molar-refractivity contribution in [1.82, 2.24) is 9.97 Å². The molecule has 0 saturated heterocycles. The normalized spacial score (nSPS) is 10.6. The van der Waals surface area contributed by atoms with Crippen LogP contribution in [0.15, 0.2) is 48.8 Å². The van der Waals surface area contributed by atoms with E-state index in [9.17, 15) is 18.0 Å². The maximum absolute atomic E-state index is 13.6. The number of carbonyl (C=O) groups is 1. The molecule has 23 heavy (non-hydrogen) atoms. The van der Waals surface area contributed by atoms with E-state index >= 15 is 0 Å². The quantitative estimate of drug-likeness (QED) is 0.723. The summed E-state index contributed by atoms with van der Waals surface area (Å²) in [5.41, 5.74) is 0.499. The predicted octanol–water partition coefficient (Wildman–Crippen LogP) is 3.75. The van der Waals surface area contributed by atoms with Crippen LogP contribution in [0.3, 0.4) is 0 Å². The summed E-state index contributed by atoms with van der Waals surface area (Å²) in [4.78, 5) is 19.0. The fourth-order valence-corrected chi connectivity index (χ4v) is 2.07. The Morgan fingerprint density at radius 3 is 2.65 bits per heavy atom. The second-order valence-electron chi connectivity index (χ2n) is 4.70. The molecule has 0 aliphatic rings. The Kier molecular flexibility index (Phi) is 3.84. The molecule has 1 amide bonds. The summed E-state index contributed by atoms with van der Waals surface area (Å²) in [7, 11) is 0. The minimum absolute atomic E-state index is 0.369. The molecule has 1 aromatic heterocycles. The molecule has 0 saturated carbocycles. The number of amides is 1. The van der Waals surface area contributed by atoms with Gasteiger partial charge in [-0.15, -0.1) is 0 Å². The third kappa shape index (κ3) is 2.94. The monoisotopic (exact) mass is 317 g/mol. The number of rotatable bonds is 3. The van der Waals surface area contributed by atoms with Crippen molar-refractivity contribution in [2.45, 2.75) is 0 Å². The summed E-state index contributed by atoms with van der Waals surface area (Å²) in [5, 5.41) is 2.44. The minimum atomic E-state index is -1.68. The first-order chi connectivity index (χ1) is 11.1. The number of imidazole rings is 1. The number of hydrogen-bond donors (Lipinski definition) is 2. The number of nitrogens with one attached hydrogen (secondary N) is 2. The zero-order valence-corrected chi connectivity index (χ0v) is 11.6. The summed E-state index contributed by atoms with van der Waals surface area (Å²) in [6, 6.07) is 8.24. The fraction of sp³-hybridized carbons (Fsp3) is 0. The van der Waals surface area contributed by atoms with Gasteiger partial charge in [0.1, 0.15) is 5.82 Å². The molecule has 2 N–H and O–H groups in total. The average molecular weight is 317 g/mol. The molecule has 1 heterocycles. The number of aromatic amines is 1. The summed E-state index contributed by atoms with van der Waals surface area (Å²) in [5.74, 6) is -4.83. The SMILES string of the molecule is O=C(Nc1cccc(-c2ncc[nH]2)c1)c1ccc(F)c(F)c1F. The first kappa shape index (κ1) is 14.8. The highest BCUT2D eigenvalue weighted by Gasteiger charge is 2.19. The van der Waals surface area contributed by atoms with Crippen molar-refractivity contribution in [2.75, 3.05) is 5.32 Å². The molecule has 0 bridgehead atoms. The van der Waals surface area contributed by atoms with E-state index in [0.29, 0.717) is 23.1 Å². The third-order valence-corrected chi connectivity index (χ3v) is 3.17. The van der Waals surface area contributed by atoms with Crippen LogP contribution in [-0.4, -0.2) is 15.9 Å². The van der Waals surface area contributed by atoms with Crippen LogP contribution < -0.4 is 5.32 Å². The Labute approximate surface area is 129 Å². The third-order valence-electron chi connectivity index (χ3n) is 3.17. The van der Waals surface area contributed by atoms with Crippen LogP contribution in [-0.2, 0) is 0 Å². The average Bonchev–Trinajstić information content (AvgIpc) is 3.07. The lowest BCUT2D eigenvalue weighted by atomic mass is 10.1. The Morgan fingerprint density at radius 2 is 1.91 bits per heavy atom. The number of carbonyl (C=O) groups excluding carboxylic acids is 1. The zero-order valence-electron chi connectivity index (χ0n) is 11.6. The fourth-order valence-electron chi connectivity index (χ4n) is 2.07. The van der Waals surface area contributed by atoms with E-state index in [1.165, 1.54) is 0 Å². The van der Waals surface area contributed by atoms with Gasteiger partial charge in [0.15, 0.2) is 17.5 Å². The van der Waals surface area contributed by atoms with E-state index in [2.05, 4.69) is 15.3 Å². The van der Waals surface area contributed by atoms with Crippen LogP contribution >= 0.6 is 0 Å². The van der Waals surface area contributed by atoms with Gasteiger partial charge in [-0.05, 0) is 24.3 Å². The van der Waals surface area contributed by atoms with Crippen molar-refractivity contribution in [3.8, 4) is 11.4 Å². The van der Waals surface area contributed by atoms with E-state index in [-0.39, 0.29) is 0 Å². The Bertz CT molecular complexity index is 863. The number of hydrogen-bond acceptors (Lipinski definition) is 2. The smallest absolute Gasteiger partial charge is 0.258 e. The van der Waals surface area contributed by atoms with Crippen LogP contribution in [0.2, 0.25) is 0 Å². The number of halogens is 3. The Hall–Kier alpha value is -3.09. The number of anilines is 1. The highest BCUT2D eigenvalue weighted by atomic mass is 19.2. The molecule has 4 nitrogen and oxygen atoms in total. The zero-order chi connectivity index (χ0) is 16.4. The second-order valence-corrected chi connectivity index (χ2v) is 4.70.